The smallest absolute Gasteiger partial charge is 0.352 e. The quantitative estimate of drug-likeness (QED) is 0.301. The van der Waals surface area contributed by atoms with Gasteiger partial charge >= 0.3 is 5.63 Å². The first kappa shape index (κ1) is 25.9. The number of benzene rings is 1. The highest BCUT2D eigenvalue weighted by Crippen LogP contribution is 2.17. The number of fused-ring (bicyclic) bond motifs is 1. The lowest BCUT2D eigenvalue weighted by atomic mass is 10.0. The number of amides is 1. The Hall–Kier alpha value is -2.37. The number of hydrogen-bond acceptors (Lipinski definition) is 4. The average molecular weight is 445 g/mol. The van der Waals surface area contributed by atoms with E-state index in [1.807, 2.05) is 0 Å². The third kappa shape index (κ3) is 8.29. The van der Waals surface area contributed by atoms with Crippen LogP contribution in [0, 0.1) is 0 Å². The fourth-order valence-electron chi connectivity index (χ4n) is 4.14. The number of rotatable bonds is 16. The molecular formula is C26H40N2O4. The normalized spacial score (nSPS) is 11.2. The SMILES string of the molecule is CCCCCCCCCCCCCCCCNC(=O)c1cccc2c1c(=O)on2C(C)=O. The third-order valence-corrected chi connectivity index (χ3v) is 5.99. The summed E-state index contributed by atoms with van der Waals surface area (Å²) >= 11 is 0. The van der Waals surface area contributed by atoms with Gasteiger partial charge in [-0.15, -0.1) is 4.74 Å². The molecule has 1 amide bonds. The lowest BCUT2D eigenvalue weighted by Gasteiger charge is -2.06. The number of nitrogens with one attached hydrogen (secondary N) is 1. The van der Waals surface area contributed by atoms with E-state index in [1.54, 1.807) is 18.2 Å². The van der Waals surface area contributed by atoms with E-state index >= 15 is 0 Å². The van der Waals surface area contributed by atoms with E-state index in [2.05, 4.69) is 12.2 Å². The fraction of sp³-hybridized carbons (Fsp3) is 0.654. The Morgan fingerprint density at radius 1 is 0.844 bits per heavy atom. The van der Waals surface area contributed by atoms with Gasteiger partial charge in [0.1, 0.15) is 5.39 Å². The van der Waals surface area contributed by atoms with E-state index in [9.17, 15) is 14.4 Å². The molecule has 0 aliphatic rings. The van der Waals surface area contributed by atoms with E-state index in [0.717, 1.165) is 17.6 Å². The molecule has 2 rings (SSSR count). The highest BCUT2D eigenvalue weighted by atomic mass is 16.5. The van der Waals surface area contributed by atoms with Crippen LogP contribution in [0.1, 0.15) is 119 Å². The van der Waals surface area contributed by atoms with Gasteiger partial charge in [0.05, 0.1) is 11.1 Å². The highest BCUT2D eigenvalue weighted by molar-refractivity contribution is 6.07. The fourth-order valence-corrected chi connectivity index (χ4v) is 4.14. The molecule has 178 valence electrons. The lowest BCUT2D eigenvalue weighted by Crippen LogP contribution is -2.25. The summed E-state index contributed by atoms with van der Waals surface area (Å²) in [7, 11) is 0. The second kappa shape index (κ2) is 14.6. The Kier molecular flexibility index (Phi) is 11.8. The van der Waals surface area contributed by atoms with Crippen LogP contribution in [0.15, 0.2) is 27.5 Å². The first-order valence-corrected chi connectivity index (χ1v) is 12.5. The molecule has 0 radical (unpaired) electrons. The molecule has 0 aliphatic heterocycles. The minimum Gasteiger partial charge on any atom is -0.352 e. The maximum absolute atomic E-state index is 12.5. The predicted octanol–water partition coefficient (Wildman–Crippen LogP) is 6.47. The van der Waals surface area contributed by atoms with E-state index in [1.165, 1.54) is 84.0 Å². The molecule has 0 atom stereocenters. The van der Waals surface area contributed by atoms with Crippen molar-refractivity contribution in [2.24, 2.45) is 0 Å². The second-order valence-electron chi connectivity index (χ2n) is 8.74. The molecule has 1 heterocycles. The highest BCUT2D eigenvalue weighted by Gasteiger charge is 2.19. The number of nitrogens with zero attached hydrogens (tertiary/aromatic N) is 1. The summed E-state index contributed by atoms with van der Waals surface area (Å²) in [6.07, 6.45) is 18.1. The first-order valence-electron chi connectivity index (χ1n) is 12.5. The van der Waals surface area contributed by atoms with Gasteiger partial charge in [-0.3, -0.25) is 9.59 Å². The van der Waals surface area contributed by atoms with Gasteiger partial charge in [0.25, 0.3) is 11.8 Å². The van der Waals surface area contributed by atoms with E-state index in [0.29, 0.717) is 12.1 Å². The van der Waals surface area contributed by atoms with Crippen molar-refractivity contribution in [2.75, 3.05) is 6.54 Å². The van der Waals surface area contributed by atoms with Gasteiger partial charge in [0.2, 0.25) is 0 Å². The van der Waals surface area contributed by atoms with Crippen molar-refractivity contribution in [3.63, 3.8) is 0 Å². The van der Waals surface area contributed by atoms with Gasteiger partial charge in [0, 0.05) is 13.5 Å². The van der Waals surface area contributed by atoms with Crippen molar-refractivity contribution < 1.29 is 14.1 Å². The van der Waals surface area contributed by atoms with Crippen LogP contribution in [-0.2, 0) is 0 Å². The minimum absolute atomic E-state index is 0.154. The molecule has 0 saturated heterocycles. The van der Waals surface area contributed by atoms with Gasteiger partial charge in [-0.25, -0.2) is 4.79 Å². The van der Waals surface area contributed by atoms with Gasteiger partial charge in [-0.1, -0.05) is 96.5 Å². The molecule has 0 unspecified atom stereocenters. The zero-order valence-electron chi connectivity index (χ0n) is 19.9. The van der Waals surface area contributed by atoms with Crippen LogP contribution in [0.25, 0.3) is 10.9 Å². The maximum Gasteiger partial charge on any atom is 0.366 e. The number of hydrogen-bond donors (Lipinski definition) is 1. The van der Waals surface area contributed by atoms with E-state index < -0.39 is 11.5 Å². The Labute approximate surface area is 191 Å². The van der Waals surface area contributed by atoms with Gasteiger partial charge in [-0.2, -0.15) is 0 Å². The topological polar surface area (TPSA) is 81.3 Å². The second-order valence-corrected chi connectivity index (χ2v) is 8.74. The van der Waals surface area contributed by atoms with Crippen LogP contribution < -0.4 is 10.9 Å². The van der Waals surface area contributed by atoms with Crippen LogP contribution in [-0.4, -0.2) is 23.1 Å². The van der Waals surface area contributed by atoms with Crippen LogP contribution in [0.4, 0.5) is 0 Å². The van der Waals surface area contributed by atoms with Gasteiger partial charge in [0.15, 0.2) is 0 Å². The van der Waals surface area contributed by atoms with Crippen LogP contribution in [0.5, 0.6) is 0 Å². The summed E-state index contributed by atoms with van der Waals surface area (Å²) in [5.41, 5.74) is -0.0919. The summed E-state index contributed by atoms with van der Waals surface area (Å²) in [4.78, 5) is 36.3. The number of aromatic nitrogens is 1. The largest absolute Gasteiger partial charge is 0.366 e. The Morgan fingerprint density at radius 3 is 1.91 bits per heavy atom. The molecule has 1 aromatic heterocycles. The molecule has 6 heteroatoms. The third-order valence-electron chi connectivity index (χ3n) is 5.99. The van der Waals surface area contributed by atoms with Gasteiger partial charge < -0.3 is 9.84 Å². The predicted molar refractivity (Wildman–Crippen MR) is 129 cm³/mol. The Bertz CT molecular complexity index is 897. The van der Waals surface area contributed by atoms with Crippen LogP contribution >= 0.6 is 0 Å². The summed E-state index contributed by atoms with van der Waals surface area (Å²) in [5.74, 6) is -0.712. The molecule has 0 spiro atoms. The zero-order valence-corrected chi connectivity index (χ0v) is 19.9. The van der Waals surface area contributed by atoms with Crippen molar-refractivity contribution in [3.05, 3.63) is 34.2 Å². The van der Waals surface area contributed by atoms with Crippen molar-refractivity contribution in [3.8, 4) is 0 Å². The molecule has 0 fully saturated rings. The Morgan fingerprint density at radius 2 is 1.38 bits per heavy atom. The molecule has 0 aliphatic carbocycles. The van der Waals surface area contributed by atoms with Gasteiger partial charge in [-0.05, 0) is 18.6 Å². The molecule has 2 aromatic rings. The molecule has 32 heavy (non-hydrogen) atoms. The Balaban J connectivity index is 1.56. The molecule has 1 N–H and O–H groups in total. The summed E-state index contributed by atoms with van der Waals surface area (Å²) < 4.78 is 5.91. The monoisotopic (exact) mass is 444 g/mol. The van der Waals surface area contributed by atoms with Crippen molar-refractivity contribution in [1.82, 2.24) is 10.1 Å². The van der Waals surface area contributed by atoms with E-state index in [-0.39, 0.29) is 16.9 Å². The summed E-state index contributed by atoms with van der Waals surface area (Å²) in [5, 5.41) is 3.04. The summed E-state index contributed by atoms with van der Waals surface area (Å²) in [6, 6.07) is 4.84. The molecular weight excluding hydrogens is 404 g/mol. The van der Waals surface area contributed by atoms with Crippen molar-refractivity contribution in [2.45, 2.75) is 104 Å². The number of carbonyl (C=O) groups excluding carboxylic acids is 2. The zero-order chi connectivity index (χ0) is 23.2. The lowest BCUT2D eigenvalue weighted by molar-refractivity contribution is 0.0824. The number of carbonyl (C=O) groups is 2. The molecule has 6 nitrogen and oxygen atoms in total. The first-order chi connectivity index (χ1) is 15.6. The van der Waals surface area contributed by atoms with Crippen LogP contribution in [0.3, 0.4) is 0 Å². The number of unbranched alkanes of at least 4 members (excludes halogenated alkanes) is 13. The molecule has 0 bridgehead atoms. The van der Waals surface area contributed by atoms with Crippen LogP contribution in [0.2, 0.25) is 0 Å². The molecule has 1 aromatic carbocycles. The molecule has 0 saturated carbocycles. The van der Waals surface area contributed by atoms with E-state index in [4.69, 9.17) is 4.52 Å². The van der Waals surface area contributed by atoms with Crippen molar-refractivity contribution in [1.29, 1.82) is 0 Å². The minimum atomic E-state index is -0.669. The summed E-state index contributed by atoms with van der Waals surface area (Å²) in [6.45, 7) is 4.15. The maximum atomic E-state index is 12.5. The average Bonchev–Trinajstić information content (AvgIpc) is 3.13. The standard InChI is InChI=1S/C26H40N2O4/c1-3-4-5-6-7-8-9-10-11-12-13-14-15-16-20-27-25(30)22-18-17-19-23-24(22)26(31)32-28(23)21(2)29/h17-19H,3-16,20H2,1-2H3,(H,27,30). The van der Waals surface area contributed by atoms with Crippen molar-refractivity contribution >= 4 is 22.7 Å².